The summed E-state index contributed by atoms with van der Waals surface area (Å²) in [5.41, 5.74) is 4.16. The molecule has 2 aliphatic rings. The van der Waals surface area contributed by atoms with Crippen molar-refractivity contribution >= 4 is 11.3 Å². The van der Waals surface area contributed by atoms with Crippen molar-refractivity contribution in [2.24, 2.45) is 0 Å². The molecular weight excluding hydrogens is 353 g/mol. The summed E-state index contributed by atoms with van der Waals surface area (Å²) in [5.74, 6) is 0.819. The molecule has 2 aromatic rings. The Hall–Kier alpha value is -2.21. The number of aryl methyl sites for hydroxylation is 1. The van der Waals surface area contributed by atoms with E-state index in [1.54, 1.807) is 0 Å². The number of halogens is 1. The second kappa shape index (κ2) is 7.66. The summed E-state index contributed by atoms with van der Waals surface area (Å²) < 4.78 is 15.0. The smallest absolute Gasteiger partial charge is 0.153 e. The predicted molar refractivity (Wildman–Crippen MR) is 112 cm³/mol. The van der Waals surface area contributed by atoms with Crippen molar-refractivity contribution in [3.05, 3.63) is 42.4 Å². The van der Waals surface area contributed by atoms with Crippen molar-refractivity contribution < 1.29 is 4.39 Å². The van der Waals surface area contributed by atoms with Crippen LogP contribution in [0.1, 0.15) is 43.9 Å². The highest BCUT2D eigenvalue weighted by Gasteiger charge is 2.35. The van der Waals surface area contributed by atoms with Gasteiger partial charge in [0.25, 0.3) is 0 Å². The van der Waals surface area contributed by atoms with E-state index in [0.717, 1.165) is 54.3 Å². The van der Waals surface area contributed by atoms with E-state index in [1.807, 2.05) is 37.0 Å². The molecule has 0 spiro atoms. The van der Waals surface area contributed by atoms with Crippen LogP contribution in [0, 0.1) is 6.92 Å². The van der Waals surface area contributed by atoms with E-state index < -0.39 is 6.17 Å². The Balaban J connectivity index is 1.37. The molecule has 0 aromatic carbocycles. The quantitative estimate of drug-likeness (QED) is 0.782. The molecule has 0 N–H and O–H groups in total. The van der Waals surface area contributed by atoms with Gasteiger partial charge in [-0.3, -0.25) is 0 Å². The van der Waals surface area contributed by atoms with Gasteiger partial charge in [0.15, 0.2) is 5.82 Å². The number of nitrogens with zero attached hydrogens (tertiary/aromatic N) is 5. The summed E-state index contributed by atoms with van der Waals surface area (Å²) in [6.07, 6.45) is 7.01. The zero-order valence-electron chi connectivity index (χ0n) is 17.1. The molecule has 2 aromatic heterocycles. The molecule has 6 heteroatoms. The highest BCUT2D eigenvalue weighted by Crippen LogP contribution is 2.31. The highest BCUT2D eigenvalue weighted by atomic mass is 19.1. The van der Waals surface area contributed by atoms with Crippen molar-refractivity contribution in [3.63, 3.8) is 0 Å². The molecule has 0 radical (unpaired) electrons. The third-order valence-corrected chi connectivity index (χ3v) is 6.31. The van der Waals surface area contributed by atoms with Crippen LogP contribution in [-0.2, 0) is 0 Å². The molecule has 4 rings (SSSR count). The first kappa shape index (κ1) is 19.1. The first-order chi connectivity index (χ1) is 13.4. The lowest BCUT2D eigenvalue weighted by Crippen LogP contribution is -2.52. The van der Waals surface area contributed by atoms with E-state index in [-0.39, 0.29) is 0 Å². The Morgan fingerprint density at radius 3 is 2.46 bits per heavy atom. The van der Waals surface area contributed by atoms with Crippen LogP contribution in [0.15, 0.2) is 31.1 Å². The van der Waals surface area contributed by atoms with E-state index in [2.05, 4.69) is 39.6 Å². The average Bonchev–Trinajstić information content (AvgIpc) is 3.07. The maximum atomic E-state index is 13.1. The Kier molecular flexibility index (Phi) is 5.23. The van der Waals surface area contributed by atoms with Gasteiger partial charge in [-0.25, -0.2) is 14.1 Å². The second-order valence-electron chi connectivity index (χ2n) is 8.37. The van der Waals surface area contributed by atoms with Gasteiger partial charge in [-0.1, -0.05) is 6.58 Å². The minimum atomic E-state index is -0.581. The minimum Gasteiger partial charge on any atom is -0.370 e. The molecule has 3 heterocycles. The third-order valence-electron chi connectivity index (χ3n) is 6.31. The van der Waals surface area contributed by atoms with Crippen LogP contribution in [-0.4, -0.2) is 58.1 Å². The Labute approximate surface area is 166 Å². The Morgan fingerprint density at radius 2 is 1.93 bits per heavy atom. The largest absolute Gasteiger partial charge is 0.370 e. The van der Waals surface area contributed by atoms with Gasteiger partial charge in [0.05, 0.1) is 17.6 Å². The maximum Gasteiger partial charge on any atom is 0.153 e. The van der Waals surface area contributed by atoms with Gasteiger partial charge in [0.2, 0.25) is 0 Å². The SMILES string of the molecule is C=C(C)c1nn(-c2ccc(N3CCC(N(C)C4CC(F)C4)CC3)cn2)cc1C. The van der Waals surface area contributed by atoms with E-state index in [0.29, 0.717) is 24.9 Å². The molecule has 1 aliphatic carbocycles. The molecule has 1 aliphatic heterocycles. The van der Waals surface area contributed by atoms with Crippen molar-refractivity contribution in [2.75, 3.05) is 25.0 Å². The van der Waals surface area contributed by atoms with Crippen LogP contribution in [0.4, 0.5) is 10.1 Å². The van der Waals surface area contributed by atoms with Crippen molar-refractivity contribution in [3.8, 4) is 5.82 Å². The second-order valence-corrected chi connectivity index (χ2v) is 8.37. The standard InChI is InChI=1S/C22H30FN5/c1-15(2)22-16(3)14-28(25-22)21-6-5-19(13-24-21)27-9-7-18(8-10-27)26(4)20-11-17(23)12-20/h5-6,13-14,17-18,20H,1,7-12H2,2-4H3. The fourth-order valence-electron chi connectivity index (χ4n) is 4.38. The average molecular weight is 384 g/mol. The molecular formula is C22H30FN5. The zero-order valence-corrected chi connectivity index (χ0v) is 17.1. The third kappa shape index (κ3) is 3.70. The van der Waals surface area contributed by atoms with Crippen molar-refractivity contribution in [2.45, 2.75) is 57.8 Å². The number of rotatable bonds is 5. The predicted octanol–water partition coefficient (Wildman–Crippen LogP) is 4.01. The molecule has 0 amide bonds. The number of piperidine rings is 1. The number of hydrogen-bond donors (Lipinski definition) is 0. The number of allylic oxidation sites excluding steroid dienone is 1. The number of pyridine rings is 1. The van der Waals surface area contributed by atoms with Crippen LogP contribution in [0.2, 0.25) is 0 Å². The van der Waals surface area contributed by atoms with Crippen LogP contribution in [0.25, 0.3) is 11.4 Å². The summed E-state index contributed by atoms with van der Waals surface area (Å²) in [6.45, 7) is 10.0. The summed E-state index contributed by atoms with van der Waals surface area (Å²) in [7, 11) is 2.17. The molecule has 0 bridgehead atoms. The lowest BCUT2D eigenvalue weighted by Gasteiger charge is -2.45. The van der Waals surface area contributed by atoms with E-state index in [4.69, 9.17) is 0 Å². The van der Waals surface area contributed by atoms with E-state index >= 15 is 0 Å². The van der Waals surface area contributed by atoms with Gasteiger partial charge in [-0.05, 0) is 69.8 Å². The number of anilines is 1. The van der Waals surface area contributed by atoms with Crippen LogP contribution in [0.5, 0.6) is 0 Å². The first-order valence-electron chi connectivity index (χ1n) is 10.2. The monoisotopic (exact) mass is 383 g/mol. The Bertz CT molecular complexity index is 829. The molecule has 5 nitrogen and oxygen atoms in total. The summed E-state index contributed by atoms with van der Waals surface area (Å²) in [6, 6.07) is 5.16. The van der Waals surface area contributed by atoms with Gasteiger partial charge in [-0.2, -0.15) is 5.10 Å². The molecule has 0 unspecified atom stereocenters. The van der Waals surface area contributed by atoms with Crippen LogP contribution >= 0.6 is 0 Å². The topological polar surface area (TPSA) is 37.2 Å². The fraction of sp³-hybridized carbons (Fsp3) is 0.545. The normalized spacial score (nSPS) is 23.1. The van der Waals surface area contributed by atoms with Crippen LogP contribution in [0.3, 0.4) is 0 Å². The van der Waals surface area contributed by atoms with E-state index in [1.165, 1.54) is 0 Å². The lowest BCUT2D eigenvalue weighted by atomic mass is 9.87. The molecule has 2 fully saturated rings. The van der Waals surface area contributed by atoms with Crippen molar-refractivity contribution in [1.82, 2.24) is 19.7 Å². The molecule has 150 valence electrons. The van der Waals surface area contributed by atoms with Gasteiger partial charge in [0, 0.05) is 31.4 Å². The summed E-state index contributed by atoms with van der Waals surface area (Å²) in [4.78, 5) is 9.44. The maximum absolute atomic E-state index is 13.1. The molecule has 28 heavy (non-hydrogen) atoms. The number of aromatic nitrogens is 3. The molecule has 1 saturated carbocycles. The summed E-state index contributed by atoms with van der Waals surface area (Å²) >= 11 is 0. The minimum absolute atomic E-state index is 0.439. The Morgan fingerprint density at radius 1 is 1.21 bits per heavy atom. The highest BCUT2D eigenvalue weighted by molar-refractivity contribution is 5.60. The fourth-order valence-corrected chi connectivity index (χ4v) is 4.38. The van der Waals surface area contributed by atoms with Gasteiger partial charge < -0.3 is 9.80 Å². The van der Waals surface area contributed by atoms with Crippen molar-refractivity contribution in [1.29, 1.82) is 0 Å². The first-order valence-corrected chi connectivity index (χ1v) is 10.2. The van der Waals surface area contributed by atoms with E-state index in [9.17, 15) is 4.39 Å². The summed E-state index contributed by atoms with van der Waals surface area (Å²) in [5, 5.41) is 4.60. The number of hydrogen-bond acceptors (Lipinski definition) is 4. The zero-order chi connectivity index (χ0) is 19.8. The lowest BCUT2D eigenvalue weighted by molar-refractivity contribution is 0.0368. The van der Waals surface area contributed by atoms with Gasteiger partial charge in [-0.15, -0.1) is 0 Å². The molecule has 0 atom stereocenters. The van der Waals surface area contributed by atoms with Gasteiger partial charge in [0.1, 0.15) is 6.17 Å². The van der Waals surface area contributed by atoms with Gasteiger partial charge >= 0.3 is 0 Å². The number of alkyl halides is 1. The molecule has 1 saturated heterocycles. The van der Waals surface area contributed by atoms with Crippen LogP contribution < -0.4 is 4.90 Å².